The summed E-state index contributed by atoms with van der Waals surface area (Å²) < 4.78 is 6.90. The molecule has 0 atom stereocenters. The van der Waals surface area contributed by atoms with Crippen molar-refractivity contribution in [2.45, 2.75) is 25.7 Å². The lowest BCUT2D eigenvalue weighted by Crippen LogP contribution is -2.32. The molecular weight excluding hydrogens is 268 g/mol. The van der Waals surface area contributed by atoms with Crippen molar-refractivity contribution in [3.8, 4) is 5.75 Å². The van der Waals surface area contributed by atoms with Crippen LogP contribution >= 0.6 is 0 Å². The number of hydrogen-bond donors (Lipinski definition) is 1. The molecule has 1 amide bonds. The predicted octanol–water partition coefficient (Wildman–Crippen LogP) is 1.99. The Hall–Kier alpha value is -2.08. The summed E-state index contributed by atoms with van der Waals surface area (Å²) in [5.41, 5.74) is 6.80. The Bertz CT molecular complexity index is 644. The van der Waals surface area contributed by atoms with Crippen LogP contribution < -0.4 is 10.5 Å². The second-order valence-electron chi connectivity index (χ2n) is 5.40. The number of ether oxygens (including phenoxy) is 1. The minimum absolute atomic E-state index is 0.405. The minimum atomic E-state index is -0.816. The largest absolute Gasteiger partial charge is 0.410 e. The molecule has 1 saturated heterocycles. The summed E-state index contributed by atoms with van der Waals surface area (Å²) in [6.45, 7) is 5.52. The van der Waals surface area contributed by atoms with E-state index in [4.69, 9.17) is 10.5 Å². The van der Waals surface area contributed by atoms with Crippen LogP contribution in [0.2, 0.25) is 0 Å². The molecule has 6 nitrogen and oxygen atoms in total. The van der Waals surface area contributed by atoms with E-state index in [9.17, 15) is 4.79 Å². The maximum atomic E-state index is 10.9. The van der Waals surface area contributed by atoms with Gasteiger partial charge in [0.2, 0.25) is 0 Å². The van der Waals surface area contributed by atoms with Crippen LogP contribution in [0.25, 0.3) is 5.65 Å². The van der Waals surface area contributed by atoms with Crippen molar-refractivity contribution >= 4 is 11.7 Å². The van der Waals surface area contributed by atoms with Crippen LogP contribution in [0.1, 0.15) is 31.4 Å². The molecule has 0 unspecified atom stereocenters. The average molecular weight is 288 g/mol. The molecule has 0 aromatic carbocycles. The molecular formula is C15H20N4O2. The first kappa shape index (κ1) is 13.9. The molecule has 0 aliphatic carbocycles. The van der Waals surface area contributed by atoms with Crippen molar-refractivity contribution in [3.05, 3.63) is 30.2 Å². The number of hydrogen-bond acceptors (Lipinski definition) is 4. The number of carbonyl (C=O) groups excluding carboxylic acids is 1. The number of amides is 1. The second-order valence-corrected chi connectivity index (χ2v) is 5.40. The quantitative estimate of drug-likeness (QED) is 0.937. The van der Waals surface area contributed by atoms with Crippen molar-refractivity contribution in [3.63, 3.8) is 0 Å². The van der Waals surface area contributed by atoms with E-state index in [0.717, 1.165) is 38.2 Å². The number of piperidine rings is 1. The van der Waals surface area contributed by atoms with Crippen molar-refractivity contribution < 1.29 is 9.53 Å². The van der Waals surface area contributed by atoms with Crippen LogP contribution in [-0.4, -0.2) is 40.0 Å². The highest BCUT2D eigenvalue weighted by molar-refractivity contribution is 5.71. The Balaban J connectivity index is 1.86. The van der Waals surface area contributed by atoms with Gasteiger partial charge in [0.25, 0.3) is 0 Å². The molecule has 1 aliphatic heterocycles. The van der Waals surface area contributed by atoms with Crippen LogP contribution in [0.3, 0.4) is 0 Å². The number of imidazole rings is 1. The van der Waals surface area contributed by atoms with Gasteiger partial charge >= 0.3 is 6.09 Å². The number of rotatable bonds is 3. The highest BCUT2D eigenvalue weighted by Gasteiger charge is 2.22. The molecule has 0 saturated carbocycles. The predicted molar refractivity (Wildman–Crippen MR) is 79.5 cm³/mol. The standard InChI is InChI=1S/C15H20N4O2/c1-2-18-8-5-11(6-9-18)12-10-19-7-3-4-13(14(19)17-12)21-15(16)20/h3-4,7,10-11H,2,5-6,8-9H2,1H3,(H2,16,20). The molecule has 1 fully saturated rings. The Morgan fingerprint density at radius 1 is 1.48 bits per heavy atom. The number of nitrogens with zero attached hydrogens (tertiary/aromatic N) is 3. The van der Waals surface area contributed by atoms with Crippen LogP contribution in [0, 0.1) is 0 Å². The van der Waals surface area contributed by atoms with E-state index in [2.05, 4.69) is 16.8 Å². The molecule has 6 heteroatoms. The van der Waals surface area contributed by atoms with E-state index < -0.39 is 6.09 Å². The molecule has 0 radical (unpaired) electrons. The molecule has 3 heterocycles. The van der Waals surface area contributed by atoms with Gasteiger partial charge in [-0.2, -0.15) is 0 Å². The van der Waals surface area contributed by atoms with Crippen LogP contribution in [0.5, 0.6) is 5.75 Å². The van der Waals surface area contributed by atoms with Crippen LogP contribution in [0.15, 0.2) is 24.5 Å². The van der Waals surface area contributed by atoms with Gasteiger partial charge in [0.15, 0.2) is 11.4 Å². The van der Waals surface area contributed by atoms with E-state index in [-0.39, 0.29) is 0 Å². The van der Waals surface area contributed by atoms with Gasteiger partial charge in [-0.3, -0.25) is 0 Å². The third-order valence-electron chi connectivity index (χ3n) is 4.13. The number of carbonyl (C=O) groups is 1. The lowest BCUT2D eigenvalue weighted by molar-refractivity contribution is 0.211. The molecule has 112 valence electrons. The number of nitrogens with two attached hydrogens (primary N) is 1. The number of aromatic nitrogens is 2. The zero-order chi connectivity index (χ0) is 14.8. The lowest BCUT2D eigenvalue weighted by atomic mass is 9.94. The maximum Gasteiger partial charge on any atom is 0.410 e. The van der Waals surface area contributed by atoms with Crippen LogP contribution in [-0.2, 0) is 0 Å². The highest BCUT2D eigenvalue weighted by Crippen LogP contribution is 2.29. The Kier molecular flexibility index (Phi) is 3.79. The number of pyridine rings is 1. The molecule has 2 aromatic rings. The van der Waals surface area contributed by atoms with Gasteiger partial charge in [0.05, 0.1) is 5.69 Å². The van der Waals surface area contributed by atoms with Crippen LogP contribution in [0.4, 0.5) is 4.79 Å². The Morgan fingerprint density at radius 2 is 2.24 bits per heavy atom. The summed E-state index contributed by atoms with van der Waals surface area (Å²) in [5, 5.41) is 0. The summed E-state index contributed by atoms with van der Waals surface area (Å²) in [6.07, 6.45) is 5.34. The lowest BCUT2D eigenvalue weighted by Gasteiger charge is -2.30. The maximum absolute atomic E-state index is 10.9. The number of fused-ring (bicyclic) bond motifs is 1. The SMILES string of the molecule is CCN1CCC(c2cn3cccc(OC(N)=O)c3n2)CC1. The summed E-state index contributed by atoms with van der Waals surface area (Å²) >= 11 is 0. The molecule has 21 heavy (non-hydrogen) atoms. The fourth-order valence-corrected chi connectivity index (χ4v) is 2.94. The van der Waals surface area contributed by atoms with Gasteiger partial charge in [0.1, 0.15) is 0 Å². The molecule has 0 spiro atoms. The molecule has 2 aromatic heterocycles. The van der Waals surface area contributed by atoms with Gasteiger partial charge in [-0.15, -0.1) is 0 Å². The monoisotopic (exact) mass is 288 g/mol. The summed E-state index contributed by atoms with van der Waals surface area (Å²) in [5.74, 6) is 0.872. The zero-order valence-electron chi connectivity index (χ0n) is 12.2. The van der Waals surface area contributed by atoms with Gasteiger partial charge < -0.3 is 19.8 Å². The van der Waals surface area contributed by atoms with Gasteiger partial charge in [0, 0.05) is 18.3 Å². The first-order valence-corrected chi connectivity index (χ1v) is 7.34. The van der Waals surface area contributed by atoms with Crippen molar-refractivity contribution in [2.75, 3.05) is 19.6 Å². The zero-order valence-corrected chi connectivity index (χ0v) is 12.2. The molecule has 1 aliphatic rings. The van der Waals surface area contributed by atoms with Crippen molar-refractivity contribution in [2.24, 2.45) is 5.73 Å². The van der Waals surface area contributed by atoms with Crippen molar-refractivity contribution in [1.82, 2.24) is 14.3 Å². The third-order valence-corrected chi connectivity index (χ3v) is 4.13. The smallest absolute Gasteiger partial charge is 0.406 e. The van der Waals surface area contributed by atoms with Crippen molar-refractivity contribution in [1.29, 1.82) is 0 Å². The molecule has 3 rings (SSSR count). The van der Waals surface area contributed by atoms with Gasteiger partial charge in [-0.25, -0.2) is 9.78 Å². The normalized spacial score (nSPS) is 17.2. The van der Waals surface area contributed by atoms with E-state index in [0.29, 0.717) is 17.3 Å². The van der Waals surface area contributed by atoms with Gasteiger partial charge in [-0.1, -0.05) is 6.92 Å². The van der Waals surface area contributed by atoms with E-state index in [1.807, 2.05) is 22.9 Å². The summed E-state index contributed by atoms with van der Waals surface area (Å²) in [4.78, 5) is 18.1. The third kappa shape index (κ3) is 2.85. The topological polar surface area (TPSA) is 72.9 Å². The van der Waals surface area contributed by atoms with E-state index in [1.54, 1.807) is 6.07 Å². The molecule has 2 N–H and O–H groups in total. The molecule has 0 bridgehead atoms. The fraction of sp³-hybridized carbons (Fsp3) is 0.467. The van der Waals surface area contributed by atoms with E-state index >= 15 is 0 Å². The Labute approximate surface area is 123 Å². The van der Waals surface area contributed by atoms with Gasteiger partial charge in [-0.05, 0) is 44.6 Å². The first-order chi connectivity index (χ1) is 10.2. The fourth-order valence-electron chi connectivity index (χ4n) is 2.94. The first-order valence-electron chi connectivity index (χ1n) is 7.34. The number of likely N-dealkylation sites (tertiary alicyclic amines) is 1. The van der Waals surface area contributed by atoms with E-state index in [1.165, 1.54) is 0 Å². The number of primary amides is 1. The highest BCUT2D eigenvalue weighted by atomic mass is 16.5. The summed E-state index contributed by atoms with van der Waals surface area (Å²) in [7, 11) is 0. The summed E-state index contributed by atoms with van der Waals surface area (Å²) in [6, 6.07) is 3.52. The Morgan fingerprint density at radius 3 is 2.90 bits per heavy atom. The minimum Gasteiger partial charge on any atom is -0.406 e. The second kappa shape index (κ2) is 5.73. The average Bonchev–Trinajstić information content (AvgIpc) is 2.92.